The third-order valence-corrected chi connectivity index (χ3v) is 4.55. The average molecular weight is 376 g/mol. The van der Waals surface area contributed by atoms with E-state index in [0.29, 0.717) is 19.6 Å². The second-order valence-corrected chi connectivity index (χ2v) is 6.31. The Labute approximate surface area is 156 Å². The van der Waals surface area contributed by atoms with Gasteiger partial charge in [0.1, 0.15) is 0 Å². The number of likely N-dealkylation sites (N-methyl/N-ethyl adjacent to an activating group) is 1. The quantitative estimate of drug-likeness (QED) is 0.859. The van der Waals surface area contributed by atoms with Crippen LogP contribution in [0, 0.1) is 0 Å². The van der Waals surface area contributed by atoms with Gasteiger partial charge < -0.3 is 19.9 Å². The van der Waals surface area contributed by atoms with Crippen molar-refractivity contribution in [1.29, 1.82) is 0 Å². The average Bonchev–Trinajstić information content (AvgIpc) is 2.65. The second kappa shape index (κ2) is 9.47. The topological polar surface area (TPSA) is 44.8 Å². The fourth-order valence-corrected chi connectivity index (χ4v) is 3.36. The summed E-state index contributed by atoms with van der Waals surface area (Å²) in [6, 6.07) is 8.69. The van der Waals surface area contributed by atoms with Crippen LogP contribution in [-0.2, 0) is 16.1 Å². The zero-order valence-corrected chi connectivity index (χ0v) is 15.9. The number of rotatable bonds is 2. The maximum absolute atomic E-state index is 12.8. The van der Waals surface area contributed by atoms with E-state index in [1.165, 1.54) is 11.3 Å². The van der Waals surface area contributed by atoms with Gasteiger partial charge in [0.05, 0.1) is 13.2 Å². The van der Waals surface area contributed by atoms with E-state index in [9.17, 15) is 4.79 Å². The third kappa shape index (κ3) is 4.76. The molecule has 7 heteroatoms. The van der Waals surface area contributed by atoms with Crippen LogP contribution in [0.4, 0.5) is 5.69 Å². The highest BCUT2D eigenvalue weighted by molar-refractivity contribution is 5.85. The number of ether oxygens (including phenoxy) is 1. The molecule has 0 aliphatic carbocycles. The van der Waals surface area contributed by atoms with Crippen molar-refractivity contribution in [3.63, 3.8) is 0 Å². The maximum atomic E-state index is 12.8. The number of morpholine rings is 1. The first-order valence-electron chi connectivity index (χ1n) is 8.05. The molecule has 1 fully saturated rings. The molecule has 2 unspecified atom stereocenters. The van der Waals surface area contributed by atoms with Crippen LogP contribution in [0.5, 0.6) is 0 Å². The zero-order valence-electron chi connectivity index (χ0n) is 14.2. The number of para-hydroxylation sites is 1. The van der Waals surface area contributed by atoms with Crippen molar-refractivity contribution in [3.8, 4) is 0 Å². The molecule has 2 aliphatic rings. The summed E-state index contributed by atoms with van der Waals surface area (Å²) in [5.41, 5.74) is 2.44. The standard InChI is InChI=1S/C17H25N3O2.2ClH/c1-13-10-19(2)16-6-4-3-5-14(16)11-20(13)17(21)9-15-12-22-8-7-18-15;;/h3-6,13,15,18H,7-12H2,1-2H3;2*1H. The lowest BCUT2D eigenvalue weighted by atomic mass is 10.1. The Morgan fingerprint density at radius 3 is 2.79 bits per heavy atom. The van der Waals surface area contributed by atoms with Crippen molar-refractivity contribution in [2.45, 2.75) is 32.0 Å². The van der Waals surface area contributed by atoms with Crippen LogP contribution in [0.3, 0.4) is 0 Å². The molecule has 0 aromatic heterocycles. The number of anilines is 1. The molecular weight excluding hydrogens is 349 g/mol. The minimum atomic E-state index is 0. The summed E-state index contributed by atoms with van der Waals surface area (Å²) in [5, 5.41) is 3.36. The van der Waals surface area contributed by atoms with Crippen LogP contribution in [0.1, 0.15) is 18.9 Å². The van der Waals surface area contributed by atoms with Gasteiger partial charge in [-0.05, 0) is 18.6 Å². The van der Waals surface area contributed by atoms with Crippen LogP contribution in [0.25, 0.3) is 0 Å². The van der Waals surface area contributed by atoms with Crippen LogP contribution in [0.15, 0.2) is 24.3 Å². The highest BCUT2D eigenvalue weighted by atomic mass is 35.5. The number of carbonyl (C=O) groups is 1. The first kappa shape index (κ1) is 21.0. The highest BCUT2D eigenvalue weighted by Crippen LogP contribution is 2.26. The van der Waals surface area contributed by atoms with E-state index in [2.05, 4.69) is 42.4 Å². The molecule has 1 N–H and O–H groups in total. The minimum absolute atomic E-state index is 0. The fourth-order valence-electron chi connectivity index (χ4n) is 3.36. The molecule has 2 aliphatic heterocycles. The molecule has 2 atom stereocenters. The van der Waals surface area contributed by atoms with E-state index in [-0.39, 0.29) is 42.8 Å². The van der Waals surface area contributed by atoms with Gasteiger partial charge >= 0.3 is 0 Å². The summed E-state index contributed by atoms with van der Waals surface area (Å²) in [4.78, 5) is 17.0. The zero-order chi connectivity index (χ0) is 15.5. The van der Waals surface area contributed by atoms with E-state index in [0.717, 1.165) is 19.7 Å². The molecule has 0 spiro atoms. The summed E-state index contributed by atoms with van der Waals surface area (Å²) in [6.45, 7) is 5.88. The molecule has 0 saturated carbocycles. The van der Waals surface area contributed by atoms with Gasteiger partial charge in [-0.3, -0.25) is 4.79 Å². The molecule has 2 heterocycles. The highest BCUT2D eigenvalue weighted by Gasteiger charge is 2.28. The summed E-state index contributed by atoms with van der Waals surface area (Å²) < 4.78 is 5.45. The first-order valence-corrected chi connectivity index (χ1v) is 8.05. The number of halogens is 2. The molecule has 1 amide bonds. The predicted molar refractivity (Wildman–Crippen MR) is 101 cm³/mol. The monoisotopic (exact) mass is 375 g/mol. The molecule has 1 saturated heterocycles. The van der Waals surface area contributed by atoms with E-state index in [4.69, 9.17) is 4.74 Å². The van der Waals surface area contributed by atoms with Crippen LogP contribution in [0.2, 0.25) is 0 Å². The van der Waals surface area contributed by atoms with Gasteiger partial charge in [-0.25, -0.2) is 0 Å². The number of hydrogen-bond donors (Lipinski definition) is 1. The number of carbonyl (C=O) groups excluding carboxylic acids is 1. The van der Waals surface area contributed by atoms with E-state index < -0.39 is 0 Å². The van der Waals surface area contributed by atoms with Gasteiger partial charge in [0.25, 0.3) is 0 Å². The molecule has 24 heavy (non-hydrogen) atoms. The summed E-state index contributed by atoms with van der Waals surface area (Å²) >= 11 is 0. The van der Waals surface area contributed by atoms with E-state index in [1.807, 2.05) is 11.0 Å². The van der Waals surface area contributed by atoms with Gasteiger partial charge in [-0.15, -0.1) is 24.8 Å². The van der Waals surface area contributed by atoms with Gasteiger partial charge in [-0.2, -0.15) is 0 Å². The van der Waals surface area contributed by atoms with E-state index >= 15 is 0 Å². The van der Waals surface area contributed by atoms with Crippen molar-refractivity contribution in [3.05, 3.63) is 29.8 Å². The van der Waals surface area contributed by atoms with Crippen molar-refractivity contribution in [2.75, 3.05) is 38.3 Å². The van der Waals surface area contributed by atoms with Gasteiger partial charge in [0.2, 0.25) is 5.91 Å². The Morgan fingerprint density at radius 1 is 1.33 bits per heavy atom. The van der Waals surface area contributed by atoms with Crippen LogP contribution < -0.4 is 10.2 Å². The summed E-state index contributed by atoms with van der Waals surface area (Å²) in [6.07, 6.45) is 0.510. The first-order chi connectivity index (χ1) is 10.6. The van der Waals surface area contributed by atoms with Crippen LogP contribution >= 0.6 is 24.8 Å². The number of hydrogen-bond acceptors (Lipinski definition) is 4. The Hall–Kier alpha value is -1.01. The number of amides is 1. The van der Waals surface area contributed by atoms with Crippen molar-refractivity contribution in [2.24, 2.45) is 0 Å². The number of nitrogens with zero attached hydrogens (tertiary/aromatic N) is 2. The smallest absolute Gasteiger partial charge is 0.224 e. The predicted octanol–water partition coefficient (Wildman–Crippen LogP) is 2.08. The van der Waals surface area contributed by atoms with Crippen molar-refractivity contribution < 1.29 is 9.53 Å². The normalized spacial score (nSPS) is 23.4. The summed E-state index contributed by atoms with van der Waals surface area (Å²) in [7, 11) is 2.10. The van der Waals surface area contributed by atoms with Gasteiger partial charge in [-0.1, -0.05) is 18.2 Å². The number of fused-ring (bicyclic) bond motifs is 1. The largest absolute Gasteiger partial charge is 0.378 e. The number of benzene rings is 1. The van der Waals surface area contributed by atoms with Crippen molar-refractivity contribution >= 4 is 36.4 Å². The fraction of sp³-hybridized carbons (Fsp3) is 0.588. The minimum Gasteiger partial charge on any atom is -0.378 e. The Kier molecular flexibility index (Phi) is 8.30. The molecule has 0 radical (unpaired) electrons. The number of nitrogens with one attached hydrogen (secondary N) is 1. The Bertz CT molecular complexity index is 538. The lowest BCUT2D eigenvalue weighted by Gasteiger charge is -2.31. The third-order valence-electron chi connectivity index (χ3n) is 4.55. The molecule has 1 aromatic carbocycles. The second-order valence-electron chi connectivity index (χ2n) is 6.31. The van der Waals surface area contributed by atoms with E-state index in [1.54, 1.807) is 0 Å². The lowest BCUT2D eigenvalue weighted by molar-refractivity contribution is -0.134. The molecule has 5 nitrogen and oxygen atoms in total. The lowest BCUT2D eigenvalue weighted by Crippen LogP contribution is -2.47. The molecular formula is C17H27Cl2N3O2. The van der Waals surface area contributed by atoms with Gasteiger partial charge in [0, 0.05) is 50.9 Å². The Balaban J connectivity index is 0.00000144. The molecule has 0 bridgehead atoms. The Morgan fingerprint density at radius 2 is 2.08 bits per heavy atom. The van der Waals surface area contributed by atoms with Crippen molar-refractivity contribution in [1.82, 2.24) is 10.2 Å². The summed E-state index contributed by atoms with van der Waals surface area (Å²) in [5.74, 6) is 0.209. The molecule has 136 valence electrons. The molecule has 3 rings (SSSR count). The molecule has 1 aromatic rings. The van der Waals surface area contributed by atoms with Crippen LogP contribution in [-0.4, -0.2) is 56.2 Å². The maximum Gasteiger partial charge on any atom is 0.224 e. The van der Waals surface area contributed by atoms with Gasteiger partial charge in [0.15, 0.2) is 0 Å². The SMILES string of the molecule is CC1CN(C)c2ccccc2CN1C(=O)CC1COCCN1.Cl.Cl.